The molecule has 2 heteroatoms. The molecule has 0 aliphatic carbocycles. The molecular weight excluding hydrogens is 294 g/mol. The number of anilines is 1. The van der Waals surface area contributed by atoms with Crippen molar-refractivity contribution in [2.24, 2.45) is 0 Å². The Balaban J connectivity index is 1.92. The highest BCUT2D eigenvalue weighted by atomic mass is 16.3. The second kappa shape index (κ2) is 4.75. The minimum absolute atomic E-state index is 0.941. The van der Waals surface area contributed by atoms with E-state index in [4.69, 9.17) is 4.42 Å². The van der Waals surface area contributed by atoms with Crippen LogP contribution in [-0.4, -0.2) is 14.1 Å². The van der Waals surface area contributed by atoms with Crippen molar-refractivity contribution in [3.05, 3.63) is 66.7 Å². The van der Waals surface area contributed by atoms with Crippen LogP contribution in [0.2, 0.25) is 0 Å². The number of hydrogen-bond donors (Lipinski definition) is 0. The summed E-state index contributed by atoms with van der Waals surface area (Å²) < 4.78 is 6.23. The zero-order valence-corrected chi connectivity index (χ0v) is 13.7. The molecule has 0 N–H and O–H groups in total. The molecule has 1 heterocycles. The lowest BCUT2D eigenvalue weighted by atomic mass is 10.0. The van der Waals surface area contributed by atoms with Crippen molar-refractivity contribution in [1.82, 2.24) is 0 Å². The molecule has 0 aliphatic rings. The molecule has 116 valence electrons. The summed E-state index contributed by atoms with van der Waals surface area (Å²) in [7, 11) is 4.12. The molecule has 0 spiro atoms. The maximum Gasteiger partial charge on any atom is 0.143 e. The van der Waals surface area contributed by atoms with Crippen molar-refractivity contribution in [3.63, 3.8) is 0 Å². The zero-order chi connectivity index (χ0) is 16.3. The van der Waals surface area contributed by atoms with Crippen molar-refractivity contribution < 1.29 is 4.42 Å². The van der Waals surface area contributed by atoms with E-state index in [-0.39, 0.29) is 0 Å². The van der Waals surface area contributed by atoms with Crippen LogP contribution in [0.5, 0.6) is 0 Å². The third-order valence-electron chi connectivity index (χ3n) is 4.82. The van der Waals surface area contributed by atoms with E-state index in [1.54, 1.807) is 0 Å². The fraction of sp³-hybridized carbons (Fsp3) is 0.0909. The molecule has 0 saturated carbocycles. The van der Waals surface area contributed by atoms with Gasteiger partial charge in [-0.1, -0.05) is 30.3 Å². The van der Waals surface area contributed by atoms with Crippen LogP contribution in [0.3, 0.4) is 0 Å². The summed E-state index contributed by atoms with van der Waals surface area (Å²) in [6.07, 6.45) is 0. The van der Waals surface area contributed by atoms with Gasteiger partial charge in [0.15, 0.2) is 0 Å². The van der Waals surface area contributed by atoms with Crippen molar-refractivity contribution in [3.8, 4) is 0 Å². The van der Waals surface area contributed by atoms with E-state index >= 15 is 0 Å². The van der Waals surface area contributed by atoms with Gasteiger partial charge in [-0.25, -0.2) is 0 Å². The van der Waals surface area contributed by atoms with Crippen molar-refractivity contribution in [2.45, 2.75) is 0 Å². The number of fused-ring (bicyclic) bond motifs is 6. The molecule has 0 unspecified atom stereocenters. The average molecular weight is 311 g/mol. The van der Waals surface area contributed by atoms with Gasteiger partial charge in [0.25, 0.3) is 0 Å². The van der Waals surface area contributed by atoms with Crippen LogP contribution in [-0.2, 0) is 0 Å². The van der Waals surface area contributed by atoms with Crippen LogP contribution in [0, 0.1) is 0 Å². The minimum atomic E-state index is 0.941. The summed E-state index contributed by atoms with van der Waals surface area (Å²) in [6, 6.07) is 23.7. The Hall–Kier alpha value is -3.00. The Kier molecular flexibility index (Phi) is 2.66. The summed E-state index contributed by atoms with van der Waals surface area (Å²) >= 11 is 0. The lowest BCUT2D eigenvalue weighted by Crippen LogP contribution is -2.07. The van der Waals surface area contributed by atoms with Crippen LogP contribution in [0.1, 0.15) is 0 Å². The van der Waals surface area contributed by atoms with E-state index in [1.165, 1.54) is 38.0 Å². The van der Waals surface area contributed by atoms with Crippen molar-refractivity contribution >= 4 is 49.2 Å². The standard InChI is InChI=1S/C22H17NO/c1-23(2)17-8-10-21-20(13-17)18-9-7-16-11-14-5-3-4-6-15(14)12-19(16)22(18)24-21/h3-13H,1-2H3. The normalized spacial score (nSPS) is 11.8. The number of rotatable bonds is 1. The zero-order valence-electron chi connectivity index (χ0n) is 13.7. The fourth-order valence-electron chi connectivity index (χ4n) is 3.51. The summed E-state index contributed by atoms with van der Waals surface area (Å²) in [5.74, 6) is 0. The van der Waals surface area contributed by atoms with Gasteiger partial charge in [-0.3, -0.25) is 0 Å². The number of benzene rings is 4. The largest absolute Gasteiger partial charge is 0.455 e. The lowest BCUT2D eigenvalue weighted by Gasteiger charge is -2.11. The van der Waals surface area contributed by atoms with E-state index in [2.05, 4.69) is 85.7 Å². The molecule has 0 saturated heterocycles. The second-order valence-corrected chi connectivity index (χ2v) is 6.54. The van der Waals surface area contributed by atoms with Crippen molar-refractivity contribution in [2.75, 3.05) is 19.0 Å². The van der Waals surface area contributed by atoms with E-state index in [9.17, 15) is 0 Å². The maximum atomic E-state index is 6.23. The molecule has 0 amide bonds. The SMILES string of the molecule is CN(C)c1ccc2oc3c4cc5ccccc5cc4ccc3c2c1. The minimum Gasteiger partial charge on any atom is -0.455 e. The monoisotopic (exact) mass is 311 g/mol. The van der Waals surface area contributed by atoms with Gasteiger partial charge in [0.1, 0.15) is 11.2 Å². The Morgan fingerprint density at radius 1 is 0.667 bits per heavy atom. The van der Waals surface area contributed by atoms with Gasteiger partial charge in [-0.05, 0) is 52.6 Å². The van der Waals surface area contributed by atoms with E-state index < -0.39 is 0 Å². The van der Waals surface area contributed by atoms with Gasteiger partial charge in [0.2, 0.25) is 0 Å². The number of hydrogen-bond acceptors (Lipinski definition) is 2. The molecule has 1 aromatic heterocycles. The highest BCUT2D eigenvalue weighted by Crippen LogP contribution is 2.36. The van der Waals surface area contributed by atoms with Crippen LogP contribution in [0.15, 0.2) is 71.1 Å². The first-order valence-electron chi connectivity index (χ1n) is 8.16. The van der Waals surface area contributed by atoms with E-state index in [1.807, 2.05) is 0 Å². The molecule has 5 rings (SSSR count). The van der Waals surface area contributed by atoms with Crippen LogP contribution < -0.4 is 4.90 Å². The van der Waals surface area contributed by atoms with E-state index in [0.717, 1.165) is 11.2 Å². The van der Waals surface area contributed by atoms with Gasteiger partial charge in [0.05, 0.1) is 0 Å². The van der Waals surface area contributed by atoms with Gasteiger partial charge in [0, 0.05) is 35.9 Å². The molecular formula is C22H17NO. The smallest absolute Gasteiger partial charge is 0.143 e. The first-order chi connectivity index (χ1) is 11.7. The first kappa shape index (κ1) is 13.4. The average Bonchev–Trinajstić information content (AvgIpc) is 2.98. The molecule has 0 radical (unpaired) electrons. The maximum absolute atomic E-state index is 6.23. The highest BCUT2D eigenvalue weighted by molar-refractivity contribution is 6.17. The molecule has 0 bridgehead atoms. The predicted molar refractivity (Wildman–Crippen MR) is 103 cm³/mol. The van der Waals surface area contributed by atoms with Gasteiger partial charge < -0.3 is 9.32 Å². The quantitative estimate of drug-likeness (QED) is 0.355. The van der Waals surface area contributed by atoms with Crippen LogP contribution >= 0.6 is 0 Å². The Bertz CT molecular complexity index is 1230. The van der Waals surface area contributed by atoms with Gasteiger partial charge in [-0.15, -0.1) is 0 Å². The third kappa shape index (κ3) is 1.83. The first-order valence-corrected chi connectivity index (χ1v) is 8.16. The second-order valence-electron chi connectivity index (χ2n) is 6.54. The molecule has 0 atom stereocenters. The lowest BCUT2D eigenvalue weighted by molar-refractivity contribution is 0.672. The van der Waals surface area contributed by atoms with Gasteiger partial charge >= 0.3 is 0 Å². The third-order valence-corrected chi connectivity index (χ3v) is 4.82. The molecule has 4 aromatic carbocycles. The Labute approximate surface area is 139 Å². The Morgan fingerprint density at radius 2 is 1.46 bits per heavy atom. The molecule has 5 aromatic rings. The van der Waals surface area contributed by atoms with E-state index in [0.29, 0.717) is 0 Å². The van der Waals surface area contributed by atoms with Gasteiger partial charge in [-0.2, -0.15) is 0 Å². The van der Waals surface area contributed by atoms with Crippen LogP contribution in [0.4, 0.5) is 5.69 Å². The summed E-state index contributed by atoms with van der Waals surface area (Å²) in [6.45, 7) is 0. The summed E-state index contributed by atoms with van der Waals surface area (Å²) in [5, 5.41) is 7.24. The Morgan fingerprint density at radius 3 is 2.25 bits per heavy atom. The molecule has 24 heavy (non-hydrogen) atoms. The molecule has 0 aliphatic heterocycles. The summed E-state index contributed by atoms with van der Waals surface area (Å²) in [5.41, 5.74) is 3.10. The highest BCUT2D eigenvalue weighted by Gasteiger charge is 2.12. The number of furan rings is 1. The molecule has 0 fully saturated rings. The summed E-state index contributed by atoms with van der Waals surface area (Å²) in [4.78, 5) is 2.12. The molecule has 2 nitrogen and oxygen atoms in total. The van der Waals surface area contributed by atoms with Crippen molar-refractivity contribution in [1.29, 1.82) is 0 Å². The number of nitrogens with zero attached hydrogens (tertiary/aromatic N) is 1. The van der Waals surface area contributed by atoms with Crippen LogP contribution in [0.25, 0.3) is 43.5 Å². The predicted octanol–water partition coefficient (Wildman–Crippen LogP) is 5.96. The topological polar surface area (TPSA) is 16.4 Å². The fourth-order valence-corrected chi connectivity index (χ4v) is 3.51.